The van der Waals surface area contributed by atoms with Crippen molar-refractivity contribution in [2.45, 2.75) is 38.8 Å². The van der Waals surface area contributed by atoms with E-state index in [0.29, 0.717) is 25.1 Å². The molecule has 3 rings (SSSR count). The smallest absolute Gasteiger partial charge is 0.342 e. The number of hydrogen-bond donors (Lipinski definition) is 0. The Hall–Kier alpha value is -2.05. The number of carbonyl (C=O) groups excluding carboxylic acids is 2. The minimum Gasteiger partial charge on any atom is -0.342 e. The highest BCUT2D eigenvalue weighted by Gasteiger charge is 2.44. The normalized spacial score (nSPS) is 20.1. The summed E-state index contributed by atoms with van der Waals surface area (Å²) in [5, 5.41) is 0. The van der Waals surface area contributed by atoms with Gasteiger partial charge in [-0.1, -0.05) is 12.1 Å². The third-order valence-electron chi connectivity index (χ3n) is 5.60. The zero-order valence-electron chi connectivity index (χ0n) is 14.8. The largest absolute Gasteiger partial charge is 0.416 e. The van der Waals surface area contributed by atoms with Crippen molar-refractivity contribution < 1.29 is 22.8 Å². The van der Waals surface area contributed by atoms with E-state index in [1.807, 2.05) is 11.8 Å². The number of carbonyl (C=O) groups is 2. The summed E-state index contributed by atoms with van der Waals surface area (Å²) in [7, 11) is 0. The van der Waals surface area contributed by atoms with E-state index in [9.17, 15) is 22.8 Å². The zero-order valence-corrected chi connectivity index (χ0v) is 14.8. The van der Waals surface area contributed by atoms with Gasteiger partial charge in [0.05, 0.1) is 12.0 Å². The van der Waals surface area contributed by atoms with E-state index in [1.165, 1.54) is 12.1 Å². The highest BCUT2D eigenvalue weighted by atomic mass is 19.4. The molecule has 0 radical (unpaired) electrons. The first-order valence-electron chi connectivity index (χ1n) is 8.94. The Morgan fingerprint density at radius 2 is 1.77 bits per heavy atom. The van der Waals surface area contributed by atoms with Crippen molar-refractivity contribution in [3.05, 3.63) is 35.4 Å². The molecule has 2 saturated heterocycles. The van der Waals surface area contributed by atoms with E-state index in [4.69, 9.17) is 0 Å². The molecule has 0 aromatic heterocycles. The molecular formula is C19H23F3N2O2. The van der Waals surface area contributed by atoms with Crippen LogP contribution in [0.3, 0.4) is 0 Å². The fourth-order valence-electron chi connectivity index (χ4n) is 3.93. The Bertz CT molecular complexity index is 677. The number of alkyl halides is 3. The van der Waals surface area contributed by atoms with Crippen molar-refractivity contribution in [3.8, 4) is 0 Å². The molecule has 4 nitrogen and oxygen atoms in total. The summed E-state index contributed by atoms with van der Waals surface area (Å²) in [5.74, 6) is 0.119. The number of piperidine rings is 1. The lowest BCUT2D eigenvalue weighted by atomic mass is 9.77. The van der Waals surface area contributed by atoms with Gasteiger partial charge in [0.2, 0.25) is 11.8 Å². The Morgan fingerprint density at radius 1 is 1.15 bits per heavy atom. The molecule has 0 N–H and O–H groups in total. The average Bonchev–Trinajstić information content (AvgIpc) is 2.90. The fourth-order valence-corrected chi connectivity index (χ4v) is 3.93. The molecule has 142 valence electrons. The third kappa shape index (κ3) is 3.86. The number of hydrogen-bond acceptors (Lipinski definition) is 2. The molecule has 1 spiro atoms. The van der Waals surface area contributed by atoms with Crippen LogP contribution < -0.4 is 0 Å². The molecule has 1 aromatic rings. The summed E-state index contributed by atoms with van der Waals surface area (Å²) in [5.41, 5.74) is -0.144. The van der Waals surface area contributed by atoms with Gasteiger partial charge in [-0.25, -0.2) is 0 Å². The summed E-state index contributed by atoms with van der Waals surface area (Å²) < 4.78 is 37.8. The number of likely N-dealkylation sites (tertiary alicyclic amines) is 2. The number of amides is 2. The molecule has 1 aromatic carbocycles. The van der Waals surface area contributed by atoms with Crippen LogP contribution in [0.15, 0.2) is 24.3 Å². The molecule has 2 amide bonds. The molecule has 0 atom stereocenters. The van der Waals surface area contributed by atoms with Gasteiger partial charge in [-0.3, -0.25) is 9.59 Å². The first-order chi connectivity index (χ1) is 12.2. The van der Waals surface area contributed by atoms with Crippen molar-refractivity contribution in [1.82, 2.24) is 9.80 Å². The molecule has 2 aliphatic heterocycles. The van der Waals surface area contributed by atoms with Gasteiger partial charge in [-0.15, -0.1) is 0 Å². The Kier molecular flexibility index (Phi) is 4.99. The van der Waals surface area contributed by atoms with E-state index in [-0.39, 0.29) is 23.7 Å². The van der Waals surface area contributed by atoms with Gasteiger partial charge in [-0.2, -0.15) is 13.2 Å². The van der Waals surface area contributed by atoms with E-state index in [0.717, 1.165) is 38.1 Å². The molecule has 2 fully saturated rings. The van der Waals surface area contributed by atoms with Gasteiger partial charge in [0.25, 0.3) is 0 Å². The SMILES string of the molecule is CCN1CC2(CCN(C(=O)Cc3ccc(C(F)(F)F)cc3)CC2)CC1=O. The van der Waals surface area contributed by atoms with Crippen molar-refractivity contribution in [3.63, 3.8) is 0 Å². The van der Waals surface area contributed by atoms with E-state index in [2.05, 4.69) is 0 Å². The topological polar surface area (TPSA) is 40.6 Å². The van der Waals surface area contributed by atoms with Crippen LogP contribution >= 0.6 is 0 Å². The standard InChI is InChI=1S/C19H23F3N2O2/c1-2-23-13-18(12-17(23)26)7-9-24(10-8-18)16(25)11-14-3-5-15(6-4-14)19(20,21)22/h3-6H,2,7-13H2,1H3. The maximum absolute atomic E-state index is 12.6. The molecule has 2 aliphatic rings. The molecule has 0 unspecified atom stereocenters. The van der Waals surface area contributed by atoms with Crippen molar-refractivity contribution in [2.75, 3.05) is 26.2 Å². The number of rotatable bonds is 3. The second-order valence-corrected chi connectivity index (χ2v) is 7.34. The lowest BCUT2D eigenvalue weighted by molar-refractivity contribution is -0.137. The summed E-state index contributed by atoms with van der Waals surface area (Å²) in [4.78, 5) is 28.1. The van der Waals surface area contributed by atoms with E-state index < -0.39 is 11.7 Å². The van der Waals surface area contributed by atoms with Crippen LogP contribution in [-0.4, -0.2) is 47.8 Å². The molecule has 26 heavy (non-hydrogen) atoms. The van der Waals surface area contributed by atoms with Gasteiger partial charge in [-0.05, 0) is 37.5 Å². The summed E-state index contributed by atoms with van der Waals surface area (Å²) in [6.07, 6.45) is -2.11. The zero-order chi connectivity index (χ0) is 18.9. The van der Waals surface area contributed by atoms with Gasteiger partial charge in [0.1, 0.15) is 0 Å². The van der Waals surface area contributed by atoms with Crippen molar-refractivity contribution >= 4 is 11.8 Å². The average molecular weight is 368 g/mol. The number of halogens is 3. The maximum atomic E-state index is 12.6. The summed E-state index contributed by atoms with van der Waals surface area (Å²) in [6.45, 7) is 4.66. The first kappa shape index (κ1) is 18.7. The van der Waals surface area contributed by atoms with Gasteiger partial charge in [0, 0.05) is 38.0 Å². The predicted octanol–water partition coefficient (Wildman–Crippen LogP) is 3.11. The molecule has 7 heteroatoms. The molecule has 0 saturated carbocycles. The van der Waals surface area contributed by atoms with Crippen molar-refractivity contribution in [2.24, 2.45) is 5.41 Å². The van der Waals surface area contributed by atoms with Crippen molar-refractivity contribution in [1.29, 1.82) is 0 Å². The quantitative estimate of drug-likeness (QED) is 0.823. The van der Waals surface area contributed by atoms with Gasteiger partial charge >= 0.3 is 6.18 Å². The van der Waals surface area contributed by atoms with Crippen LogP contribution in [0.1, 0.15) is 37.3 Å². The van der Waals surface area contributed by atoms with Crippen LogP contribution in [0.5, 0.6) is 0 Å². The molecule has 0 aliphatic carbocycles. The molecular weight excluding hydrogens is 345 g/mol. The Morgan fingerprint density at radius 3 is 2.27 bits per heavy atom. The summed E-state index contributed by atoms with van der Waals surface area (Å²) >= 11 is 0. The minimum absolute atomic E-state index is 0.0156. The van der Waals surface area contributed by atoms with E-state index >= 15 is 0 Å². The first-order valence-corrected chi connectivity index (χ1v) is 8.94. The lowest BCUT2D eigenvalue weighted by Crippen LogP contribution is -2.44. The maximum Gasteiger partial charge on any atom is 0.416 e. The Labute approximate surface area is 151 Å². The van der Waals surface area contributed by atoms with Crippen LogP contribution in [0.25, 0.3) is 0 Å². The third-order valence-corrected chi connectivity index (χ3v) is 5.60. The van der Waals surface area contributed by atoms with Crippen LogP contribution in [0.4, 0.5) is 13.2 Å². The second-order valence-electron chi connectivity index (χ2n) is 7.34. The van der Waals surface area contributed by atoms with Gasteiger partial charge < -0.3 is 9.80 Å². The van der Waals surface area contributed by atoms with Crippen LogP contribution in [-0.2, 0) is 22.2 Å². The van der Waals surface area contributed by atoms with Crippen LogP contribution in [0, 0.1) is 5.41 Å². The number of nitrogens with zero attached hydrogens (tertiary/aromatic N) is 2. The molecule has 0 bridgehead atoms. The highest BCUT2D eigenvalue weighted by molar-refractivity contribution is 5.80. The lowest BCUT2D eigenvalue weighted by Gasteiger charge is -2.38. The minimum atomic E-state index is -4.37. The fraction of sp³-hybridized carbons (Fsp3) is 0.579. The highest BCUT2D eigenvalue weighted by Crippen LogP contribution is 2.41. The second kappa shape index (κ2) is 6.93. The van der Waals surface area contributed by atoms with Gasteiger partial charge in [0.15, 0.2) is 0 Å². The number of benzene rings is 1. The summed E-state index contributed by atoms with van der Waals surface area (Å²) in [6, 6.07) is 4.75. The Balaban J connectivity index is 1.55. The van der Waals surface area contributed by atoms with E-state index in [1.54, 1.807) is 4.90 Å². The predicted molar refractivity (Wildman–Crippen MR) is 90.3 cm³/mol. The monoisotopic (exact) mass is 368 g/mol. The van der Waals surface area contributed by atoms with Crippen LogP contribution in [0.2, 0.25) is 0 Å². The molecule has 2 heterocycles.